The van der Waals surface area contributed by atoms with Crippen LogP contribution in [0.15, 0.2) is 103 Å². The zero-order chi connectivity index (χ0) is 27.7. The maximum atomic E-state index is 12.7. The maximum Gasteiger partial charge on any atom is 0.416 e. The summed E-state index contributed by atoms with van der Waals surface area (Å²) in [6, 6.07) is 27.0. The largest absolute Gasteiger partial charge is 0.446 e. The first-order valence-electron chi connectivity index (χ1n) is 11.1. The molecule has 0 saturated heterocycles. The Morgan fingerprint density at radius 2 is 1.32 bits per heavy atom. The third kappa shape index (κ3) is 7.65. The number of hydrogen-bond donors (Lipinski definition) is 1. The van der Waals surface area contributed by atoms with E-state index in [0.717, 1.165) is 24.1 Å². The van der Waals surface area contributed by atoms with E-state index in [4.69, 9.17) is 9.47 Å². The molecule has 0 amide bonds. The Balaban J connectivity index is 0.000000241. The van der Waals surface area contributed by atoms with Gasteiger partial charge in [0.15, 0.2) is 11.5 Å². The number of nitro groups is 1. The Kier molecular flexibility index (Phi) is 9.18. The molecule has 1 N–H and O–H groups in total. The van der Waals surface area contributed by atoms with Gasteiger partial charge in [0.05, 0.1) is 10.5 Å². The Morgan fingerprint density at radius 3 is 1.79 bits per heavy atom. The minimum Gasteiger partial charge on any atom is -0.446 e. The molecule has 0 radical (unpaired) electrons. The molecule has 4 aromatic carbocycles. The lowest BCUT2D eigenvalue weighted by molar-refractivity contribution is -0.385. The van der Waals surface area contributed by atoms with Crippen molar-refractivity contribution < 1.29 is 37.5 Å². The fourth-order valence-corrected chi connectivity index (χ4v) is 3.28. The quantitative estimate of drug-likeness (QED) is 0.125. The first kappa shape index (κ1) is 27.9. The van der Waals surface area contributed by atoms with Crippen molar-refractivity contribution in [3.05, 3.63) is 130 Å². The van der Waals surface area contributed by atoms with Gasteiger partial charge in [-0.1, -0.05) is 72.8 Å². The molecule has 0 aliphatic heterocycles. The van der Waals surface area contributed by atoms with Crippen molar-refractivity contribution in [2.45, 2.75) is 19.2 Å². The normalized spacial score (nSPS) is 10.8. The third-order valence-corrected chi connectivity index (χ3v) is 5.04. The average Bonchev–Trinajstić information content (AvgIpc) is 2.90. The van der Waals surface area contributed by atoms with E-state index in [2.05, 4.69) is 0 Å². The molecule has 0 heterocycles. The van der Waals surface area contributed by atoms with Gasteiger partial charge in [0, 0.05) is 13.0 Å². The van der Waals surface area contributed by atoms with Crippen molar-refractivity contribution in [2.75, 3.05) is 0 Å². The monoisotopic (exact) mass is 525 g/mol. The van der Waals surface area contributed by atoms with Gasteiger partial charge in [-0.25, -0.2) is 0 Å². The summed E-state index contributed by atoms with van der Waals surface area (Å²) in [6.45, 7) is 1.15. The van der Waals surface area contributed by atoms with Crippen molar-refractivity contribution in [3.63, 3.8) is 0 Å². The number of rotatable bonds is 6. The molecule has 0 aliphatic rings. The van der Waals surface area contributed by atoms with Crippen LogP contribution in [0.25, 0.3) is 0 Å². The number of carbonyl (C=O) groups excluding carboxylic acids is 1. The van der Waals surface area contributed by atoms with Crippen LogP contribution in [0.2, 0.25) is 0 Å². The first-order valence-corrected chi connectivity index (χ1v) is 11.1. The molecule has 38 heavy (non-hydrogen) atoms. The molecule has 10 heteroatoms. The fourth-order valence-electron chi connectivity index (χ4n) is 3.28. The Labute approximate surface area is 215 Å². The number of benzene rings is 4. The van der Waals surface area contributed by atoms with Crippen LogP contribution in [-0.2, 0) is 11.0 Å². The molecule has 0 bridgehead atoms. The summed E-state index contributed by atoms with van der Waals surface area (Å²) in [5, 5.41) is 21.0. The number of carbonyl (C=O) groups is 1. The van der Waals surface area contributed by atoms with E-state index in [-0.39, 0.29) is 11.5 Å². The predicted molar refractivity (Wildman–Crippen MR) is 133 cm³/mol. The van der Waals surface area contributed by atoms with Gasteiger partial charge in [-0.05, 0) is 35.4 Å². The van der Waals surface area contributed by atoms with E-state index in [1.807, 2.05) is 60.7 Å². The van der Waals surface area contributed by atoms with E-state index < -0.39 is 40.2 Å². The number of esters is 1. The van der Waals surface area contributed by atoms with Gasteiger partial charge >= 0.3 is 17.8 Å². The summed E-state index contributed by atoms with van der Waals surface area (Å²) in [7, 11) is 0. The number of halogens is 3. The van der Waals surface area contributed by atoms with Gasteiger partial charge in [0.1, 0.15) is 6.10 Å². The lowest BCUT2D eigenvalue weighted by Gasteiger charge is -2.12. The van der Waals surface area contributed by atoms with E-state index in [9.17, 15) is 33.2 Å². The lowest BCUT2D eigenvalue weighted by atomic mass is 10.0. The molecule has 0 spiro atoms. The van der Waals surface area contributed by atoms with E-state index in [1.54, 1.807) is 0 Å². The molecule has 0 atom stereocenters. The standard InChI is InChI=1S/C15H10F3NO5.C13H12O/c1-9(20)23-13-4-2-3-5-14(13)24-12-7-6-10(15(16,17)18)8-11(12)19(21)22;14-13(11-7-3-1-4-8-11)12-9-5-2-6-10-12/h2-8H,1H3;1-10,13-14H. The number of hydrogen-bond acceptors (Lipinski definition) is 6. The van der Waals surface area contributed by atoms with Gasteiger partial charge in [0.25, 0.3) is 0 Å². The molecular formula is C28H22F3NO6. The number of ether oxygens (including phenoxy) is 2. The summed E-state index contributed by atoms with van der Waals surface area (Å²) in [6.07, 6.45) is -5.24. The number of para-hydroxylation sites is 2. The van der Waals surface area contributed by atoms with Crippen molar-refractivity contribution in [1.29, 1.82) is 0 Å². The zero-order valence-corrected chi connectivity index (χ0v) is 20.0. The van der Waals surface area contributed by atoms with Crippen LogP contribution in [-0.4, -0.2) is 16.0 Å². The first-order chi connectivity index (χ1) is 18.1. The summed E-state index contributed by atoms with van der Waals surface area (Å²) in [5.74, 6) is -1.12. The second-order valence-electron chi connectivity index (χ2n) is 7.80. The number of aliphatic hydroxyl groups excluding tert-OH is 1. The molecule has 0 aromatic heterocycles. The average molecular weight is 525 g/mol. The van der Waals surface area contributed by atoms with Crippen molar-refractivity contribution in [3.8, 4) is 17.2 Å². The highest BCUT2D eigenvalue weighted by molar-refractivity contribution is 5.70. The number of nitro benzene ring substituents is 1. The van der Waals surface area contributed by atoms with Crippen LogP contribution in [0.4, 0.5) is 18.9 Å². The summed E-state index contributed by atoms with van der Waals surface area (Å²) < 4.78 is 48.2. The van der Waals surface area contributed by atoms with Crippen LogP contribution < -0.4 is 9.47 Å². The van der Waals surface area contributed by atoms with Crippen molar-refractivity contribution in [2.24, 2.45) is 0 Å². The van der Waals surface area contributed by atoms with Gasteiger partial charge in [-0.2, -0.15) is 13.2 Å². The Bertz CT molecular complexity index is 1340. The molecule has 0 unspecified atom stereocenters. The smallest absolute Gasteiger partial charge is 0.416 e. The lowest BCUT2D eigenvalue weighted by Crippen LogP contribution is -2.06. The van der Waals surface area contributed by atoms with Gasteiger partial charge < -0.3 is 14.6 Å². The van der Waals surface area contributed by atoms with Crippen molar-refractivity contribution in [1.82, 2.24) is 0 Å². The van der Waals surface area contributed by atoms with E-state index in [0.29, 0.717) is 12.1 Å². The predicted octanol–water partition coefficient (Wildman–Crippen LogP) is 7.10. The van der Waals surface area contributed by atoms with Gasteiger partial charge in [-0.15, -0.1) is 0 Å². The van der Waals surface area contributed by atoms with E-state index >= 15 is 0 Å². The minimum absolute atomic E-state index is 0.0146. The number of nitrogens with zero attached hydrogens (tertiary/aromatic N) is 1. The highest BCUT2D eigenvalue weighted by atomic mass is 19.4. The zero-order valence-electron chi connectivity index (χ0n) is 20.0. The van der Waals surface area contributed by atoms with Crippen molar-refractivity contribution >= 4 is 11.7 Å². The van der Waals surface area contributed by atoms with Crippen LogP contribution in [0.5, 0.6) is 17.2 Å². The second kappa shape index (κ2) is 12.5. The fraction of sp³-hybridized carbons (Fsp3) is 0.107. The molecule has 0 aliphatic carbocycles. The molecule has 4 aromatic rings. The summed E-state index contributed by atoms with van der Waals surface area (Å²) in [4.78, 5) is 21.1. The molecule has 7 nitrogen and oxygen atoms in total. The number of aliphatic hydroxyl groups is 1. The molecule has 4 rings (SSSR count). The van der Waals surface area contributed by atoms with Gasteiger partial charge in [-0.3, -0.25) is 14.9 Å². The molecule has 196 valence electrons. The molecule has 0 fully saturated rings. The van der Waals surface area contributed by atoms with Crippen LogP contribution in [0.1, 0.15) is 29.7 Å². The van der Waals surface area contributed by atoms with Crippen LogP contribution >= 0.6 is 0 Å². The maximum absolute atomic E-state index is 12.7. The SMILES string of the molecule is CC(=O)Oc1ccccc1Oc1ccc(C(F)(F)F)cc1[N+](=O)[O-].OC(c1ccccc1)c1ccccc1. The minimum atomic E-state index is -4.72. The third-order valence-electron chi connectivity index (χ3n) is 5.04. The summed E-state index contributed by atoms with van der Waals surface area (Å²) in [5.41, 5.74) is -0.172. The van der Waals surface area contributed by atoms with Gasteiger partial charge in [0.2, 0.25) is 5.75 Å². The van der Waals surface area contributed by atoms with E-state index in [1.165, 1.54) is 24.3 Å². The summed E-state index contributed by atoms with van der Waals surface area (Å²) >= 11 is 0. The Morgan fingerprint density at radius 1 is 0.816 bits per heavy atom. The van der Waals surface area contributed by atoms with Crippen LogP contribution in [0.3, 0.4) is 0 Å². The molecule has 0 saturated carbocycles. The highest BCUT2D eigenvalue weighted by Crippen LogP contribution is 2.39. The Hall–Kier alpha value is -4.70. The topological polar surface area (TPSA) is 98.9 Å². The van der Waals surface area contributed by atoms with Crippen LogP contribution in [0, 0.1) is 10.1 Å². The number of alkyl halides is 3. The highest BCUT2D eigenvalue weighted by Gasteiger charge is 2.33. The second-order valence-corrected chi connectivity index (χ2v) is 7.80. The molecular weight excluding hydrogens is 503 g/mol.